The van der Waals surface area contributed by atoms with Crippen molar-refractivity contribution in [2.45, 2.75) is 18.4 Å². The Morgan fingerprint density at radius 3 is 2.53 bits per heavy atom. The molecule has 34 heavy (non-hydrogen) atoms. The van der Waals surface area contributed by atoms with Crippen LogP contribution >= 0.6 is 11.8 Å². The third-order valence-corrected chi connectivity index (χ3v) is 6.31. The number of carbonyl (C=O) groups is 2. The number of benzene rings is 3. The summed E-state index contributed by atoms with van der Waals surface area (Å²) >= 11 is 1.33. The average molecular weight is 480 g/mol. The summed E-state index contributed by atoms with van der Waals surface area (Å²) in [4.78, 5) is 25.6. The van der Waals surface area contributed by atoms with Crippen LogP contribution in [0, 0.1) is 18.6 Å². The number of anilines is 1. The maximum absolute atomic E-state index is 13.8. The summed E-state index contributed by atoms with van der Waals surface area (Å²) < 4.78 is 28.9. The normalized spacial score (nSPS) is 10.9. The number of para-hydroxylation sites is 1. The van der Waals surface area contributed by atoms with Gasteiger partial charge in [-0.1, -0.05) is 35.9 Å². The zero-order valence-electron chi connectivity index (χ0n) is 18.5. The van der Waals surface area contributed by atoms with Gasteiger partial charge < -0.3 is 15.2 Å². The van der Waals surface area contributed by atoms with Crippen molar-refractivity contribution in [3.63, 3.8) is 0 Å². The standard InChI is InChI=1S/C26H23F2N3O2S/c1-17-6-8-18(9-7-17)26(33)29-12-13-31-15-24(20-4-2-3-5-23(20)31)34-16-25(32)30-22-11-10-19(27)14-21(22)28/h2-11,14-15H,12-13,16H2,1H3,(H,29,33)(H,30,32). The van der Waals surface area contributed by atoms with E-state index in [1.807, 2.05) is 54.1 Å². The topological polar surface area (TPSA) is 63.1 Å². The monoisotopic (exact) mass is 479 g/mol. The van der Waals surface area contributed by atoms with Crippen LogP contribution in [0.2, 0.25) is 0 Å². The largest absolute Gasteiger partial charge is 0.350 e. The van der Waals surface area contributed by atoms with Crippen LogP contribution in [0.4, 0.5) is 14.5 Å². The average Bonchev–Trinajstić information content (AvgIpc) is 3.18. The fourth-order valence-electron chi connectivity index (χ4n) is 3.53. The van der Waals surface area contributed by atoms with Gasteiger partial charge in [0.15, 0.2) is 0 Å². The number of hydrogen-bond acceptors (Lipinski definition) is 3. The molecule has 4 aromatic rings. The highest BCUT2D eigenvalue weighted by molar-refractivity contribution is 8.00. The van der Waals surface area contributed by atoms with Crippen molar-refractivity contribution in [3.05, 3.63) is 95.7 Å². The SMILES string of the molecule is Cc1ccc(C(=O)NCCn2cc(SCC(=O)Nc3ccc(F)cc3F)c3ccccc32)cc1. The molecule has 5 nitrogen and oxygen atoms in total. The van der Waals surface area contributed by atoms with Crippen LogP contribution in [0.3, 0.4) is 0 Å². The van der Waals surface area contributed by atoms with Gasteiger partial charge in [0.25, 0.3) is 5.91 Å². The molecule has 4 rings (SSSR count). The molecule has 0 unspecified atom stereocenters. The molecule has 0 saturated carbocycles. The van der Waals surface area contributed by atoms with Crippen LogP contribution in [0.15, 0.2) is 77.8 Å². The number of fused-ring (bicyclic) bond motifs is 1. The van der Waals surface area contributed by atoms with Crippen LogP contribution in [0.1, 0.15) is 15.9 Å². The first-order valence-corrected chi connectivity index (χ1v) is 11.7. The summed E-state index contributed by atoms with van der Waals surface area (Å²) in [5.74, 6) is -1.97. The number of nitrogens with zero attached hydrogens (tertiary/aromatic N) is 1. The van der Waals surface area contributed by atoms with E-state index in [2.05, 4.69) is 10.6 Å². The summed E-state index contributed by atoms with van der Waals surface area (Å²) in [6.07, 6.45) is 1.94. The molecule has 0 radical (unpaired) electrons. The van der Waals surface area contributed by atoms with Crippen LogP contribution in [-0.2, 0) is 11.3 Å². The van der Waals surface area contributed by atoms with Gasteiger partial charge in [-0.05, 0) is 37.3 Å². The molecule has 0 fully saturated rings. The number of halogens is 2. The Labute approximate surface area is 200 Å². The molecule has 1 heterocycles. The molecule has 0 spiro atoms. The number of aryl methyl sites for hydroxylation is 1. The lowest BCUT2D eigenvalue weighted by Crippen LogP contribution is -2.27. The number of carbonyl (C=O) groups excluding carboxylic acids is 2. The zero-order chi connectivity index (χ0) is 24.1. The summed E-state index contributed by atoms with van der Waals surface area (Å²) in [5, 5.41) is 6.39. The minimum Gasteiger partial charge on any atom is -0.350 e. The maximum Gasteiger partial charge on any atom is 0.251 e. The summed E-state index contributed by atoms with van der Waals surface area (Å²) in [5.41, 5.74) is 2.64. The molecule has 8 heteroatoms. The third kappa shape index (κ3) is 5.63. The number of thioether (sulfide) groups is 1. The van der Waals surface area contributed by atoms with Crippen LogP contribution in [-0.4, -0.2) is 28.7 Å². The minimum absolute atomic E-state index is 0.0567. The van der Waals surface area contributed by atoms with Gasteiger partial charge in [-0.3, -0.25) is 9.59 Å². The van der Waals surface area contributed by atoms with Crippen molar-refractivity contribution in [2.24, 2.45) is 0 Å². The predicted molar refractivity (Wildman–Crippen MR) is 131 cm³/mol. The van der Waals surface area contributed by atoms with Crippen LogP contribution in [0.5, 0.6) is 0 Å². The van der Waals surface area contributed by atoms with Gasteiger partial charge in [0, 0.05) is 46.7 Å². The minimum atomic E-state index is -0.817. The van der Waals surface area contributed by atoms with Gasteiger partial charge in [-0.15, -0.1) is 11.8 Å². The number of nitrogens with one attached hydrogen (secondary N) is 2. The van der Waals surface area contributed by atoms with Crippen molar-refractivity contribution in [1.82, 2.24) is 9.88 Å². The highest BCUT2D eigenvalue weighted by Crippen LogP contribution is 2.30. The molecule has 174 valence electrons. The van der Waals surface area contributed by atoms with E-state index in [1.54, 1.807) is 12.1 Å². The molecule has 1 aromatic heterocycles. The smallest absolute Gasteiger partial charge is 0.251 e. The fourth-order valence-corrected chi connectivity index (χ4v) is 4.42. The van der Waals surface area contributed by atoms with E-state index in [0.717, 1.165) is 33.5 Å². The Morgan fingerprint density at radius 1 is 1.00 bits per heavy atom. The Bertz CT molecular complexity index is 1340. The van der Waals surface area contributed by atoms with Crippen molar-refractivity contribution < 1.29 is 18.4 Å². The second-order valence-corrected chi connectivity index (χ2v) is 8.80. The summed E-state index contributed by atoms with van der Waals surface area (Å²) in [6.45, 7) is 2.98. The lowest BCUT2D eigenvalue weighted by molar-refractivity contribution is -0.113. The number of rotatable bonds is 8. The van der Waals surface area contributed by atoms with Gasteiger partial charge in [0.05, 0.1) is 11.4 Å². The van der Waals surface area contributed by atoms with E-state index in [1.165, 1.54) is 17.8 Å². The first-order chi connectivity index (χ1) is 16.4. The first-order valence-electron chi connectivity index (χ1n) is 10.7. The highest BCUT2D eigenvalue weighted by Gasteiger charge is 2.13. The molecule has 0 bridgehead atoms. The first kappa shape index (κ1) is 23.5. The Kier molecular flexibility index (Phi) is 7.27. The second-order valence-electron chi connectivity index (χ2n) is 7.79. The van der Waals surface area contributed by atoms with Gasteiger partial charge in [-0.25, -0.2) is 8.78 Å². The van der Waals surface area contributed by atoms with Gasteiger partial charge in [0.1, 0.15) is 11.6 Å². The Hall–Kier alpha value is -3.65. The number of aromatic nitrogens is 1. The maximum atomic E-state index is 13.8. The van der Waals surface area contributed by atoms with Crippen molar-refractivity contribution >= 4 is 40.2 Å². The predicted octanol–water partition coefficient (Wildman–Crippen LogP) is 5.39. The molecule has 2 amide bonds. The van der Waals surface area contributed by atoms with Gasteiger partial charge in [-0.2, -0.15) is 0 Å². The number of hydrogen-bond donors (Lipinski definition) is 2. The van der Waals surface area contributed by atoms with Gasteiger partial charge in [0.2, 0.25) is 5.91 Å². The van der Waals surface area contributed by atoms with Crippen molar-refractivity contribution in [3.8, 4) is 0 Å². The molecular weight excluding hydrogens is 456 g/mol. The molecule has 0 aliphatic rings. The quantitative estimate of drug-likeness (QED) is 0.333. The zero-order valence-corrected chi connectivity index (χ0v) is 19.3. The molecule has 0 aliphatic heterocycles. The molecule has 0 saturated heterocycles. The van der Waals surface area contributed by atoms with Crippen LogP contribution < -0.4 is 10.6 Å². The molecular formula is C26H23F2N3O2S. The fraction of sp³-hybridized carbons (Fsp3) is 0.154. The third-order valence-electron chi connectivity index (χ3n) is 5.27. The van der Waals surface area contributed by atoms with Crippen LogP contribution in [0.25, 0.3) is 10.9 Å². The lowest BCUT2D eigenvalue weighted by atomic mass is 10.1. The highest BCUT2D eigenvalue weighted by atomic mass is 32.2. The van der Waals surface area contributed by atoms with Crippen molar-refractivity contribution in [2.75, 3.05) is 17.6 Å². The van der Waals surface area contributed by atoms with E-state index in [0.29, 0.717) is 18.7 Å². The van der Waals surface area contributed by atoms with E-state index < -0.39 is 17.5 Å². The molecule has 0 atom stereocenters. The Balaban J connectivity index is 1.38. The molecule has 3 aromatic carbocycles. The summed E-state index contributed by atoms with van der Waals surface area (Å²) in [7, 11) is 0. The van der Waals surface area contributed by atoms with Gasteiger partial charge >= 0.3 is 0 Å². The Morgan fingerprint density at radius 2 is 1.76 bits per heavy atom. The molecule has 2 N–H and O–H groups in total. The van der Waals surface area contributed by atoms with E-state index >= 15 is 0 Å². The summed E-state index contributed by atoms with van der Waals surface area (Å²) in [6, 6.07) is 18.2. The van der Waals surface area contributed by atoms with E-state index in [4.69, 9.17) is 0 Å². The second kappa shape index (κ2) is 10.5. The van der Waals surface area contributed by atoms with Crippen molar-refractivity contribution in [1.29, 1.82) is 0 Å². The van der Waals surface area contributed by atoms with E-state index in [-0.39, 0.29) is 17.3 Å². The lowest BCUT2D eigenvalue weighted by Gasteiger charge is -2.08. The molecule has 0 aliphatic carbocycles. The number of amides is 2. The van der Waals surface area contributed by atoms with E-state index in [9.17, 15) is 18.4 Å².